The molecule has 1 heterocycles. The monoisotopic (exact) mass is 440 g/mol. The molecule has 3 rings (SSSR count). The van der Waals surface area contributed by atoms with E-state index in [0.717, 1.165) is 0 Å². The molecule has 0 aliphatic rings. The van der Waals surface area contributed by atoms with E-state index in [1.54, 1.807) is 29.6 Å². The van der Waals surface area contributed by atoms with E-state index in [0.29, 0.717) is 23.1 Å². The summed E-state index contributed by atoms with van der Waals surface area (Å²) >= 11 is 1.27. The summed E-state index contributed by atoms with van der Waals surface area (Å²) in [6.07, 6.45) is 0. The Kier molecular flexibility index (Phi) is 6.93. The molecule has 0 atom stereocenters. The van der Waals surface area contributed by atoms with Gasteiger partial charge in [-0.05, 0) is 31.2 Å². The van der Waals surface area contributed by atoms with Gasteiger partial charge in [0.2, 0.25) is 5.91 Å². The van der Waals surface area contributed by atoms with Crippen molar-refractivity contribution in [3.8, 4) is 0 Å². The number of nitro benzene ring substituents is 1. The number of carbonyl (C=O) groups is 2. The third-order valence-corrected chi connectivity index (χ3v) is 5.21. The number of hydrogen-bond acceptors (Lipinski definition) is 8. The van der Waals surface area contributed by atoms with E-state index in [4.69, 9.17) is 4.74 Å². The van der Waals surface area contributed by atoms with Crippen molar-refractivity contribution in [1.82, 2.24) is 4.98 Å². The molecule has 0 spiro atoms. The van der Waals surface area contributed by atoms with Crippen LogP contribution >= 0.6 is 11.3 Å². The van der Waals surface area contributed by atoms with Gasteiger partial charge >= 0.3 is 5.97 Å². The number of amides is 1. The van der Waals surface area contributed by atoms with Crippen molar-refractivity contribution in [2.45, 2.75) is 20.5 Å². The van der Waals surface area contributed by atoms with Crippen molar-refractivity contribution in [2.24, 2.45) is 0 Å². The number of aromatic nitrogens is 1. The zero-order valence-electron chi connectivity index (χ0n) is 16.9. The van der Waals surface area contributed by atoms with Crippen LogP contribution in [0.3, 0.4) is 0 Å². The molecular weight excluding hydrogens is 420 g/mol. The van der Waals surface area contributed by atoms with Gasteiger partial charge in [0, 0.05) is 30.6 Å². The summed E-state index contributed by atoms with van der Waals surface area (Å²) in [5.41, 5.74) is 1.26. The van der Waals surface area contributed by atoms with Crippen LogP contribution in [0.25, 0.3) is 0 Å². The van der Waals surface area contributed by atoms with E-state index in [2.05, 4.69) is 10.3 Å². The number of benzene rings is 2. The number of hydrogen-bond donors (Lipinski definition) is 1. The standard InChI is InChI=1S/C21H20N4O5S/c1-3-24(14(2)26)21-23-17(13-31-21)12-30-20(27)15-9-10-18(19(11-15)25(28)29)22-16-7-5-4-6-8-16/h4-11,13,22H,3,12H2,1-2H3. The molecule has 0 radical (unpaired) electrons. The van der Waals surface area contributed by atoms with E-state index >= 15 is 0 Å². The zero-order chi connectivity index (χ0) is 22.4. The molecule has 31 heavy (non-hydrogen) atoms. The van der Waals surface area contributed by atoms with E-state index in [-0.39, 0.29) is 29.5 Å². The number of nitrogens with zero attached hydrogens (tertiary/aromatic N) is 3. The average Bonchev–Trinajstić information content (AvgIpc) is 3.21. The number of esters is 1. The minimum atomic E-state index is -0.706. The van der Waals surface area contributed by atoms with Crippen molar-refractivity contribution in [1.29, 1.82) is 0 Å². The van der Waals surface area contributed by atoms with Gasteiger partial charge in [0.15, 0.2) is 5.13 Å². The SMILES string of the molecule is CCN(C(C)=O)c1nc(COC(=O)c2ccc(Nc3ccccc3)c([N+](=O)[O-])c2)cs1. The van der Waals surface area contributed by atoms with Crippen molar-refractivity contribution < 1.29 is 19.2 Å². The predicted octanol–water partition coefficient (Wildman–Crippen LogP) is 4.52. The first-order valence-corrected chi connectivity index (χ1v) is 10.3. The first kappa shape index (κ1) is 21.9. The summed E-state index contributed by atoms with van der Waals surface area (Å²) in [6, 6.07) is 13.1. The molecule has 0 unspecified atom stereocenters. The number of rotatable bonds is 8. The lowest BCUT2D eigenvalue weighted by molar-refractivity contribution is -0.383. The summed E-state index contributed by atoms with van der Waals surface area (Å²) in [5, 5.41) is 16.7. The van der Waals surface area contributed by atoms with Crippen LogP contribution in [0.2, 0.25) is 0 Å². The molecule has 1 aromatic heterocycles. The third-order valence-electron chi connectivity index (χ3n) is 4.30. The average molecular weight is 440 g/mol. The highest BCUT2D eigenvalue weighted by molar-refractivity contribution is 7.14. The second-order valence-corrected chi connectivity index (χ2v) is 7.28. The van der Waals surface area contributed by atoms with Gasteiger partial charge in [-0.2, -0.15) is 0 Å². The molecule has 0 aliphatic carbocycles. The zero-order valence-corrected chi connectivity index (χ0v) is 17.7. The Morgan fingerprint density at radius 1 is 1.23 bits per heavy atom. The Labute approximate surface area is 182 Å². The summed E-state index contributed by atoms with van der Waals surface area (Å²) in [7, 11) is 0. The number of nitro groups is 1. The van der Waals surface area contributed by atoms with Crippen LogP contribution in [-0.2, 0) is 16.1 Å². The Bertz CT molecular complexity index is 1100. The largest absolute Gasteiger partial charge is 0.456 e. The van der Waals surface area contributed by atoms with Crippen molar-refractivity contribution >= 4 is 45.4 Å². The molecule has 160 valence electrons. The molecule has 0 bridgehead atoms. The Morgan fingerprint density at radius 2 is 1.97 bits per heavy atom. The number of carbonyl (C=O) groups excluding carboxylic acids is 2. The third kappa shape index (κ3) is 5.43. The lowest BCUT2D eigenvalue weighted by Crippen LogP contribution is -2.27. The first-order chi connectivity index (χ1) is 14.9. The summed E-state index contributed by atoms with van der Waals surface area (Å²) in [4.78, 5) is 40.8. The van der Waals surface area contributed by atoms with Crippen LogP contribution in [0.5, 0.6) is 0 Å². The fourth-order valence-corrected chi connectivity index (χ4v) is 3.71. The van der Waals surface area contributed by atoms with Crippen LogP contribution < -0.4 is 10.2 Å². The topological polar surface area (TPSA) is 115 Å². The maximum atomic E-state index is 12.4. The number of para-hydroxylation sites is 1. The minimum absolute atomic E-state index is 0.0553. The second-order valence-electron chi connectivity index (χ2n) is 6.44. The van der Waals surface area contributed by atoms with E-state index < -0.39 is 10.9 Å². The number of thiazole rings is 1. The molecule has 10 heteroatoms. The maximum Gasteiger partial charge on any atom is 0.338 e. The first-order valence-electron chi connectivity index (χ1n) is 9.39. The van der Waals surface area contributed by atoms with E-state index in [9.17, 15) is 19.7 Å². The van der Waals surface area contributed by atoms with Gasteiger partial charge in [-0.1, -0.05) is 18.2 Å². The fourth-order valence-electron chi connectivity index (χ4n) is 2.79. The Balaban J connectivity index is 1.70. The molecule has 0 aliphatic heterocycles. The lowest BCUT2D eigenvalue weighted by Gasteiger charge is -2.14. The van der Waals surface area contributed by atoms with E-state index in [1.165, 1.54) is 41.4 Å². The molecule has 3 aromatic rings. The van der Waals surface area contributed by atoms with Gasteiger partial charge < -0.3 is 10.1 Å². The van der Waals surface area contributed by atoms with Gasteiger partial charge in [0.1, 0.15) is 12.3 Å². The minimum Gasteiger partial charge on any atom is -0.456 e. The van der Waals surface area contributed by atoms with Gasteiger partial charge in [-0.25, -0.2) is 9.78 Å². The molecule has 0 fully saturated rings. The van der Waals surface area contributed by atoms with Crippen LogP contribution in [0.15, 0.2) is 53.9 Å². The van der Waals surface area contributed by atoms with Gasteiger partial charge in [0.25, 0.3) is 5.69 Å². The Hall–Kier alpha value is -3.79. The number of nitrogens with one attached hydrogen (secondary N) is 1. The normalized spacial score (nSPS) is 10.4. The van der Waals surface area contributed by atoms with Crippen LogP contribution in [0.4, 0.5) is 22.2 Å². The predicted molar refractivity (Wildman–Crippen MR) is 118 cm³/mol. The van der Waals surface area contributed by atoms with Crippen molar-refractivity contribution in [2.75, 3.05) is 16.8 Å². The van der Waals surface area contributed by atoms with Gasteiger partial charge in [0.05, 0.1) is 16.2 Å². The fraction of sp³-hybridized carbons (Fsp3) is 0.190. The maximum absolute atomic E-state index is 12.4. The van der Waals surface area contributed by atoms with E-state index in [1.807, 2.05) is 13.0 Å². The molecule has 0 saturated heterocycles. The second kappa shape index (κ2) is 9.81. The summed E-state index contributed by atoms with van der Waals surface area (Å²) in [6.45, 7) is 3.66. The van der Waals surface area contributed by atoms with Crippen LogP contribution in [-0.4, -0.2) is 28.3 Å². The molecule has 9 nitrogen and oxygen atoms in total. The highest BCUT2D eigenvalue weighted by Gasteiger charge is 2.19. The highest BCUT2D eigenvalue weighted by Crippen LogP contribution is 2.29. The van der Waals surface area contributed by atoms with Crippen molar-refractivity contribution in [3.05, 3.63) is 75.3 Å². The quantitative estimate of drug-likeness (QED) is 0.311. The smallest absolute Gasteiger partial charge is 0.338 e. The van der Waals surface area contributed by atoms with Crippen LogP contribution in [0.1, 0.15) is 29.9 Å². The van der Waals surface area contributed by atoms with Crippen LogP contribution in [0, 0.1) is 10.1 Å². The lowest BCUT2D eigenvalue weighted by atomic mass is 10.1. The van der Waals surface area contributed by atoms with Crippen molar-refractivity contribution in [3.63, 3.8) is 0 Å². The molecular formula is C21H20N4O5S. The van der Waals surface area contributed by atoms with Gasteiger partial charge in [-0.3, -0.25) is 19.8 Å². The summed E-state index contributed by atoms with van der Waals surface area (Å²) < 4.78 is 5.25. The number of anilines is 3. The summed E-state index contributed by atoms with van der Waals surface area (Å²) in [5.74, 6) is -0.834. The molecule has 1 amide bonds. The van der Waals surface area contributed by atoms with Gasteiger partial charge in [-0.15, -0.1) is 11.3 Å². The Morgan fingerprint density at radius 3 is 2.61 bits per heavy atom. The molecule has 0 saturated carbocycles. The highest BCUT2D eigenvalue weighted by atomic mass is 32.1. The molecule has 1 N–H and O–H groups in total. The molecule has 2 aromatic carbocycles. The number of ether oxygens (including phenoxy) is 1.